The smallest absolute Gasteiger partial charge is 0.293 e. The SMILES string of the molecule is [CH2]CCCCCCCCCC[CH]OC=O. The Morgan fingerprint density at radius 1 is 0.867 bits per heavy atom. The predicted octanol–water partition coefficient (Wildman–Crippen LogP) is 4.06. The minimum absolute atomic E-state index is 0.475. The Morgan fingerprint density at radius 3 is 1.93 bits per heavy atom. The van der Waals surface area contributed by atoms with Gasteiger partial charge in [0, 0.05) is 0 Å². The quantitative estimate of drug-likeness (QED) is 0.360. The van der Waals surface area contributed by atoms with Crippen LogP contribution in [0.5, 0.6) is 0 Å². The standard InChI is InChI=1S/C13H24O2/c1-2-3-4-5-6-7-8-9-10-11-12-15-13-14/h12-13H,1-11H2. The van der Waals surface area contributed by atoms with Gasteiger partial charge in [0.05, 0.1) is 0 Å². The summed E-state index contributed by atoms with van der Waals surface area (Å²) in [5, 5.41) is 0. The van der Waals surface area contributed by atoms with Crippen molar-refractivity contribution in [1.29, 1.82) is 0 Å². The van der Waals surface area contributed by atoms with Crippen LogP contribution in [0.2, 0.25) is 0 Å². The number of rotatable bonds is 12. The topological polar surface area (TPSA) is 26.3 Å². The molecule has 0 aliphatic carbocycles. The van der Waals surface area contributed by atoms with Crippen LogP contribution < -0.4 is 0 Å². The lowest BCUT2D eigenvalue weighted by Crippen LogP contribution is -1.85. The van der Waals surface area contributed by atoms with Gasteiger partial charge in [0.25, 0.3) is 6.47 Å². The maximum Gasteiger partial charge on any atom is 0.293 e. The van der Waals surface area contributed by atoms with E-state index >= 15 is 0 Å². The summed E-state index contributed by atoms with van der Waals surface area (Å²) < 4.78 is 4.49. The van der Waals surface area contributed by atoms with Crippen LogP contribution in [0.1, 0.15) is 64.2 Å². The Bertz CT molecular complexity index is 124. The maximum absolute atomic E-state index is 9.81. The number of unbranched alkanes of at least 4 members (excludes halogenated alkanes) is 9. The lowest BCUT2D eigenvalue weighted by molar-refractivity contribution is -0.125. The third-order valence-corrected chi connectivity index (χ3v) is 2.47. The molecule has 0 atom stereocenters. The number of carbonyl (C=O) groups excluding carboxylic acids is 1. The van der Waals surface area contributed by atoms with Crippen LogP contribution in [0.25, 0.3) is 0 Å². The summed E-state index contributed by atoms with van der Waals surface area (Å²) in [4.78, 5) is 9.81. The van der Waals surface area contributed by atoms with E-state index in [4.69, 9.17) is 0 Å². The van der Waals surface area contributed by atoms with Gasteiger partial charge in [0.15, 0.2) is 0 Å². The van der Waals surface area contributed by atoms with Gasteiger partial charge < -0.3 is 4.74 Å². The van der Waals surface area contributed by atoms with Crippen LogP contribution in [0.15, 0.2) is 0 Å². The zero-order chi connectivity index (χ0) is 11.2. The third kappa shape index (κ3) is 13.5. The van der Waals surface area contributed by atoms with E-state index in [9.17, 15) is 4.79 Å². The summed E-state index contributed by atoms with van der Waals surface area (Å²) >= 11 is 0. The van der Waals surface area contributed by atoms with Gasteiger partial charge >= 0.3 is 0 Å². The number of hydrogen-bond acceptors (Lipinski definition) is 2. The van der Waals surface area contributed by atoms with Crippen molar-refractivity contribution < 1.29 is 9.53 Å². The van der Waals surface area contributed by atoms with Crippen LogP contribution >= 0.6 is 0 Å². The minimum Gasteiger partial charge on any atom is -0.461 e. The van der Waals surface area contributed by atoms with Crippen molar-refractivity contribution in [2.75, 3.05) is 0 Å². The van der Waals surface area contributed by atoms with E-state index in [2.05, 4.69) is 11.7 Å². The Labute approximate surface area is 94.4 Å². The highest BCUT2D eigenvalue weighted by atomic mass is 16.5. The van der Waals surface area contributed by atoms with E-state index in [0.29, 0.717) is 6.47 Å². The molecule has 0 saturated carbocycles. The molecule has 0 rings (SSSR count). The first kappa shape index (κ1) is 14.5. The molecule has 15 heavy (non-hydrogen) atoms. The van der Waals surface area contributed by atoms with Gasteiger partial charge in [0.2, 0.25) is 0 Å². The Hall–Kier alpha value is -0.530. The summed E-state index contributed by atoms with van der Waals surface area (Å²) in [5.41, 5.74) is 0. The highest BCUT2D eigenvalue weighted by molar-refractivity contribution is 5.37. The molecule has 0 amide bonds. The van der Waals surface area contributed by atoms with Crippen LogP contribution in [0, 0.1) is 13.5 Å². The van der Waals surface area contributed by atoms with E-state index in [1.165, 1.54) is 44.9 Å². The van der Waals surface area contributed by atoms with Crippen LogP contribution in [-0.2, 0) is 9.53 Å². The summed E-state index contributed by atoms with van der Waals surface area (Å²) in [5.74, 6) is 0. The lowest BCUT2D eigenvalue weighted by atomic mass is 10.1. The first-order chi connectivity index (χ1) is 7.41. The summed E-state index contributed by atoms with van der Waals surface area (Å²) in [6.07, 6.45) is 12.3. The predicted molar refractivity (Wildman–Crippen MR) is 63.0 cm³/mol. The van der Waals surface area contributed by atoms with Gasteiger partial charge in [-0.1, -0.05) is 58.3 Å². The number of ether oxygens (including phenoxy) is 1. The molecular formula is C13H24O2. The van der Waals surface area contributed by atoms with Crippen LogP contribution in [0.3, 0.4) is 0 Å². The molecule has 2 radical (unpaired) electrons. The molecule has 0 spiro atoms. The second kappa shape index (κ2) is 13.5. The molecule has 88 valence electrons. The molecule has 0 aromatic carbocycles. The maximum atomic E-state index is 9.81. The molecule has 0 heterocycles. The van der Waals surface area contributed by atoms with Crippen LogP contribution in [-0.4, -0.2) is 6.47 Å². The molecule has 0 N–H and O–H groups in total. The van der Waals surface area contributed by atoms with E-state index in [1.807, 2.05) is 0 Å². The molecule has 0 unspecified atom stereocenters. The Morgan fingerprint density at radius 2 is 1.40 bits per heavy atom. The number of hydrogen-bond donors (Lipinski definition) is 0. The molecule has 0 aliphatic rings. The zero-order valence-corrected chi connectivity index (χ0v) is 9.75. The Kier molecular flexibility index (Phi) is 13.0. The minimum atomic E-state index is 0.475. The first-order valence-electron chi connectivity index (χ1n) is 6.12. The molecule has 0 aliphatic heterocycles. The highest BCUT2D eigenvalue weighted by Crippen LogP contribution is 2.10. The lowest BCUT2D eigenvalue weighted by Gasteiger charge is -2.01. The fraction of sp³-hybridized carbons (Fsp3) is 0.769. The molecule has 0 bridgehead atoms. The summed E-state index contributed by atoms with van der Waals surface area (Å²) in [6, 6.07) is 0. The van der Waals surface area contributed by atoms with Crippen molar-refractivity contribution in [1.82, 2.24) is 0 Å². The highest BCUT2D eigenvalue weighted by Gasteiger charge is 1.92. The van der Waals surface area contributed by atoms with Crippen LogP contribution in [0.4, 0.5) is 0 Å². The van der Waals surface area contributed by atoms with Gasteiger partial charge in [-0.05, 0) is 12.8 Å². The van der Waals surface area contributed by atoms with E-state index in [0.717, 1.165) is 19.3 Å². The molecule has 0 aromatic heterocycles. The summed E-state index contributed by atoms with van der Waals surface area (Å²) in [7, 11) is 0. The second-order valence-electron chi connectivity index (χ2n) is 3.87. The molecule has 2 nitrogen and oxygen atoms in total. The average molecular weight is 212 g/mol. The van der Waals surface area contributed by atoms with Crippen molar-refractivity contribution in [2.24, 2.45) is 0 Å². The van der Waals surface area contributed by atoms with E-state index in [1.54, 1.807) is 6.61 Å². The zero-order valence-electron chi connectivity index (χ0n) is 9.75. The van der Waals surface area contributed by atoms with Gasteiger partial charge in [-0.25, -0.2) is 0 Å². The van der Waals surface area contributed by atoms with E-state index < -0.39 is 0 Å². The largest absolute Gasteiger partial charge is 0.461 e. The van der Waals surface area contributed by atoms with E-state index in [-0.39, 0.29) is 0 Å². The van der Waals surface area contributed by atoms with Gasteiger partial charge in [0.1, 0.15) is 6.61 Å². The molecule has 0 fully saturated rings. The fourth-order valence-corrected chi connectivity index (χ4v) is 1.57. The van der Waals surface area contributed by atoms with Crippen molar-refractivity contribution >= 4 is 6.47 Å². The monoisotopic (exact) mass is 212 g/mol. The Balaban J connectivity index is 2.83. The van der Waals surface area contributed by atoms with Crippen molar-refractivity contribution in [3.05, 3.63) is 13.5 Å². The number of carbonyl (C=O) groups is 1. The molecular weight excluding hydrogens is 188 g/mol. The van der Waals surface area contributed by atoms with Gasteiger partial charge in [-0.3, -0.25) is 4.79 Å². The summed E-state index contributed by atoms with van der Waals surface area (Å²) in [6.45, 7) is 5.89. The second-order valence-corrected chi connectivity index (χ2v) is 3.87. The normalized spacial score (nSPS) is 10.2. The first-order valence-corrected chi connectivity index (χ1v) is 6.12. The molecule has 2 heteroatoms. The third-order valence-electron chi connectivity index (χ3n) is 2.47. The molecule has 0 aromatic rings. The fourth-order valence-electron chi connectivity index (χ4n) is 1.57. The molecule has 0 saturated heterocycles. The van der Waals surface area contributed by atoms with Gasteiger partial charge in [-0.2, -0.15) is 0 Å². The van der Waals surface area contributed by atoms with Crippen molar-refractivity contribution in [3.63, 3.8) is 0 Å². The van der Waals surface area contributed by atoms with Crippen molar-refractivity contribution in [2.45, 2.75) is 64.2 Å². The average Bonchev–Trinajstić information content (AvgIpc) is 2.26. The van der Waals surface area contributed by atoms with Gasteiger partial charge in [-0.15, -0.1) is 0 Å². The van der Waals surface area contributed by atoms with Crippen molar-refractivity contribution in [3.8, 4) is 0 Å².